The van der Waals surface area contributed by atoms with E-state index in [2.05, 4.69) is 0 Å². The summed E-state index contributed by atoms with van der Waals surface area (Å²) in [6.07, 6.45) is 0. The van der Waals surface area contributed by atoms with Gasteiger partial charge in [0.25, 0.3) is 0 Å². The zero-order valence-corrected chi connectivity index (χ0v) is 13.9. The first-order chi connectivity index (χ1) is 11.6. The molecular formula is C19H12Cl2O3. The molecule has 0 radical (unpaired) electrons. The van der Waals surface area contributed by atoms with Gasteiger partial charge in [0.05, 0.1) is 10.6 Å². The van der Waals surface area contributed by atoms with Gasteiger partial charge in [-0.25, -0.2) is 4.79 Å². The number of hydrogen-bond acceptors (Lipinski definition) is 3. The Morgan fingerprint density at radius 1 is 0.750 bits per heavy atom. The van der Waals surface area contributed by atoms with Crippen LogP contribution >= 0.6 is 23.2 Å². The van der Waals surface area contributed by atoms with Crippen molar-refractivity contribution in [3.05, 3.63) is 88.4 Å². The third-order valence-corrected chi connectivity index (χ3v) is 3.71. The van der Waals surface area contributed by atoms with Crippen LogP contribution in [0.4, 0.5) is 0 Å². The monoisotopic (exact) mass is 358 g/mol. The molecule has 0 heterocycles. The Morgan fingerprint density at radius 2 is 1.38 bits per heavy atom. The first kappa shape index (κ1) is 16.4. The largest absolute Gasteiger partial charge is 0.457 e. The lowest BCUT2D eigenvalue weighted by Gasteiger charge is -2.08. The molecule has 0 saturated carbocycles. The topological polar surface area (TPSA) is 35.5 Å². The van der Waals surface area contributed by atoms with Crippen molar-refractivity contribution in [2.24, 2.45) is 0 Å². The van der Waals surface area contributed by atoms with E-state index in [0.717, 1.165) is 5.75 Å². The van der Waals surface area contributed by atoms with Crippen LogP contribution in [-0.2, 0) is 0 Å². The predicted molar refractivity (Wildman–Crippen MR) is 94.4 cm³/mol. The minimum Gasteiger partial charge on any atom is -0.457 e. The summed E-state index contributed by atoms with van der Waals surface area (Å²) in [5, 5.41) is 0.704. The molecule has 0 amide bonds. The number of halogens is 2. The van der Waals surface area contributed by atoms with Gasteiger partial charge in [-0.1, -0.05) is 41.4 Å². The van der Waals surface area contributed by atoms with E-state index in [0.29, 0.717) is 16.5 Å². The summed E-state index contributed by atoms with van der Waals surface area (Å²) in [5.74, 6) is 1.22. The third kappa shape index (κ3) is 4.07. The number of hydrogen-bond donors (Lipinski definition) is 0. The summed E-state index contributed by atoms with van der Waals surface area (Å²) in [4.78, 5) is 12.1. The lowest BCUT2D eigenvalue weighted by molar-refractivity contribution is 0.0735. The van der Waals surface area contributed by atoms with Crippen LogP contribution in [0.3, 0.4) is 0 Å². The summed E-state index contributed by atoms with van der Waals surface area (Å²) in [5.41, 5.74) is 0.255. The number of benzene rings is 3. The van der Waals surface area contributed by atoms with Gasteiger partial charge in [0, 0.05) is 5.02 Å². The van der Waals surface area contributed by atoms with Gasteiger partial charge < -0.3 is 9.47 Å². The van der Waals surface area contributed by atoms with Crippen molar-refractivity contribution in [1.29, 1.82) is 0 Å². The Kier molecular flexibility index (Phi) is 5.04. The predicted octanol–water partition coefficient (Wildman–Crippen LogP) is 6.00. The van der Waals surface area contributed by atoms with Crippen LogP contribution in [-0.4, -0.2) is 5.97 Å². The van der Waals surface area contributed by atoms with Crippen molar-refractivity contribution in [1.82, 2.24) is 0 Å². The smallest absolute Gasteiger partial charge is 0.345 e. The van der Waals surface area contributed by atoms with E-state index in [9.17, 15) is 4.79 Å². The van der Waals surface area contributed by atoms with Crippen LogP contribution in [0.25, 0.3) is 0 Å². The van der Waals surface area contributed by atoms with Crippen molar-refractivity contribution >= 4 is 29.2 Å². The summed E-state index contributed by atoms with van der Waals surface area (Å²) < 4.78 is 11.0. The van der Waals surface area contributed by atoms with E-state index in [1.54, 1.807) is 30.3 Å². The minimum absolute atomic E-state index is 0.247. The maximum Gasteiger partial charge on any atom is 0.345 e. The maximum atomic E-state index is 12.1. The van der Waals surface area contributed by atoms with E-state index in [1.165, 1.54) is 12.1 Å². The van der Waals surface area contributed by atoms with Gasteiger partial charge in [0.2, 0.25) is 0 Å². The molecule has 0 unspecified atom stereocenters. The van der Waals surface area contributed by atoms with Gasteiger partial charge in [-0.15, -0.1) is 0 Å². The first-order valence-electron chi connectivity index (χ1n) is 7.12. The highest BCUT2D eigenvalue weighted by Gasteiger charge is 2.13. The molecule has 0 spiro atoms. The lowest BCUT2D eigenvalue weighted by Crippen LogP contribution is -2.09. The second-order valence-electron chi connectivity index (χ2n) is 4.90. The highest BCUT2D eigenvalue weighted by atomic mass is 35.5. The number of rotatable bonds is 4. The number of para-hydroxylation sites is 1. The number of esters is 1. The fourth-order valence-corrected chi connectivity index (χ4v) is 2.50. The Bertz CT molecular complexity index is 846. The Balaban J connectivity index is 1.68. The fraction of sp³-hybridized carbons (Fsp3) is 0. The lowest BCUT2D eigenvalue weighted by atomic mass is 10.2. The average molecular weight is 359 g/mol. The fourth-order valence-electron chi connectivity index (χ4n) is 2.02. The molecule has 0 bridgehead atoms. The first-order valence-corrected chi connectivity index (χ1v) is 7.87. The molecule has 0 atom stereocenters. The molecule has 0 aliphatic heterocycles. The molecule has 0 fully saturated rings. The van der Waals surface area contributed by atoms with E-state index in [4.69, 9.17) is 32.7 Å². The average Bonchev–Trinajstić information content (AvgIpc) is 2.57. The highest BCUT2D eigenvalue weighted by molar-refractivity contribution is 6.36. The zero-order valence-electron chi connectivity index (χ0n) is 12.4. The highest BCUT2D eigenvalue weighted by Crippen LogP contribution is 2.25. The van der Waals surface area contributed by atoms with Crippen LogP contribution in [0.5, 0.6) is 17.2 Å². The summed E-state index contributed by atoms with van der Waals surface area (Å²) in [7, 11) is 0. The van der Waals surface area contributed by atoms with Crippen molar-refractivity contribution in [3.8, 4) is 17.2 Å². The van der Waals surface area contributed by atoms with Gasteiger partial charge in [-0.2, -0.15) is 0 Å². The van der Waals surface area contributed by atoms with Gasteiger partial charge in [-0.3, -0.25) is 0 Å². The van der Waals surface area contributed by atoms with Crippen LogP contribution < -0.4 is 9.47 Å². The van der Waals surface area contributed by atoms with Gasteiger partial charge in [0.1, 0.15) is 17.2 Å². The number of carbonyl (C=O) groups excluding carboxylic acids is 1. The van der Waals surface area contributed by atoms with E-state index in [-0.39, 0.29) is 10.6 Å². The summed E-state index contributed by atoms with van der Waals surface area (Å²) in [6, 6.07) is 20.8. The second kappa shape index (κ2) is 7.39. The van der Waals surface area contributed by atoms with Gasteiger partial charge >= 0.3 is 5.97 Å². The Hall–Kier alpha value is -2.49. The molecular weight excluding hydrogens is 347 g/mol. The quantitative estimate of drug-likeness (QED) is 0.423. The minimum atomic E-state index is -0.548. The van der Waals surface area contributed by atoms with Crippen molar-refractivity contribution in [2.75, 3.05) is 0 Å². The Morgan fingerprint density at radius 3 is 2.04 bits per heavy atom. The summed E-state index contributed by atoms with van der Waals surface area (Å²) in [6.45, 7) is 0. The molecule has 0 aliphatic carbocycles. The molecule has 120 valence electrons. The molecule has 0 saturated heterocycles. The van der Waals surface area contributed by atoms with Gasteiger partial charge in [0.15, 0.2) is 0 Å². The number of carbonyl (C=O) groups is 1. The van der Waals surface area contributed by atoms with Crippen molar-refractivity contribution in [3.63, 3.8) is 0 Å². The molecule has 3 rings (SSSR count). The van der Waals surface area contributed by atoms with Crippen LogP contribution in [0.1, 0.15) is 10.4 Å². The van der Waals surface area contributed by atoms with Crippen LogP contribution in [0.15, 0.2) is 72.8 Å². The van der Waals surface area contributed by atoms with Crippen molar-refractivity contribution < 1.29 is 14.3 Å². The van der Waals surface area contributed by atoms with Crippen LogP contribution in [0.2, 0.25) is 10.0 Å². The van der Waals surface area contributed by atoms with Crippen molar-refractivity contribution in [2.45, 2.75) is 0 Å². The SMILES string of the molecule is O=C(Oc1ccc(Oc2ccccc2)cc1)c1ccc(Cl)cc1Cl. The molecule has 5 heteroatoms. The molecule has 3 aromatic carbocycles. The normalized spacial score (nSPS) is 10.2. The van der Waals surface area contributed by atoms with E-state index in [1.807, 2.05) is 30.3 Å². The Labute approximate surface area is 149 Å². The molecule has 3 nitrogen and oxygen atoms in total. The number of ether oxygens (including phenoxy) is 2. The maximum absolute atomic E-state index is 12.1. The molecule has 0 aromatic heterocycles. The van der Waals surface area contributed by atoms with E-state index >= 15 is 0 Å². The summed E-state index contributed by atoms with van der Waals surface area (Å²) >= 11 is 11.8. The molecule has 0 aliphatic rings. The molecule has 24 heavy (non-hydrogen) atoms. The second-order valence-corrected chi connectivity index (χ2v) is 5.74. The third-order valence-electron chi connectivity index (χ3n) is 3.16. The standard InChI is InChI=1S/C19H12Cl2O3/c20-13-6-11-17(18(21)12-13)19(22)24-16-9-7-15(8-10-16)23-14-4-2-1-3-5-14/h1-12H. The molecule has 3 aromatic rings. The van der Waals surface area contributed by atoms with Crippen LogP contribution in [0, 0.1) is 0 Å². The van der Waals surface area contributed by atoms with Gasteiger partial charge in [-0.05, 0) is 54.6 Å². The zero-order chi connectivity index (χ0) is 16.9. The molecule has 0 N–H and O–H groups in total. The van der Waals surface area contributed by atoms with E-state index < -0.39 is 5.97 Å².